The Morgan fingerprint density at radius 1 is 0.667 bits per heavy atom. The van der Waals surface area contributed by atoms with Crippen LogP contribution >= 0.6 is 0 Å². The van der Waals surface area contributed by atoms with Crippen molar-refractivity contribution in [2.24, 2.45) is 10.8 Å². The molecular weight excluding hydrogens is 646 g/mol. The molecule has 7 saturated heterocycles. The largest absolute Gasteiger partial charge is 0.390 e. The van der Waals surface area contributed by atoms with E-state index in [0.29, 0.717) is 6.54 Å². The monoisotopic (exact) mass is 704 g/mol. The zero-order valence-electron chi connectivity index (χ0n) is 32.0. The molecule has 9 aliphatic rings. The number of allylic oxidation sites excluding steroid dienone is 2. The normalized spacial score (nSPS) is 49.9. The molecule has 7 aliphatic heterocycles. The molecular formula is C42H58NO8+. The lowest BCUT2D eigenvalue weighted by atomic mass is 9.70. The van der Waals surface area contributed by atoms with Crippen molar-refractivity contribution in [2.45, 2.75) is 191 Å². The summed E-state index contributed by atoms with van der Waals surface area (Å²) < 4.78 is 46.9. The fourth-order valence-corrected chi connectivity index (χ4v) is 11.3. The van der Waals surface area contributed by atoms with Crippen molar-refractivity contribution in [1.82, 2.24) is 0 Å². The van der Waals surface area contributed by atoms with Crippen LogP contribution in [0, 0.1) is 10.8 Å². The topological polar surface area (TPSA) is 112 Å². The van der Waals surface area contributed by atoms with Gasteiger partial charge < -0.3 is 38.3 Å². The van der Waals surface area contributed by atoms with Crippen LogP contribution in [0.25, 0.3) is 0 Å². The van der Waals surface area contributed by atoms with Crippen LogP contribution in [0.2, 0.25) is 0 Å². The van der Waals surface area contributed by atoms with Crippen molar-refractivity contribution in [3.8, 4) is 0 Å². The minimum atomic E-state index is -0.457. The van der Waals surface area contributed by atoms with Crippen LogP contribution in [0.3, 0.4) is 0 Å². The number of rotatable bonds is 11. The Balaban J connectivity index is 0.793. The summed E-state index contributed by atoms with van der Waals surface area (Å²) in [5.41, 5.74) is 7.42. The zero-order chi connectivity index (χ0) is 35.6. The van der Waals surface area contributed by atoms with E-state index >= 15 is 0 Å². The van der Waals surface area contributed by atoms with Crippen LogP contribution in [0.5, 0.6) is 0 Å². The lowest BCUT2D eigenvalue weighted by molar-refractivity contribution is -0.706. The van der Waals surface area contributed by atoms with Crippen LogP contribution in [-0.4, -0.2) is 83.5 Å². The van der Waals surface area contributed by atoms with Gasteiger partial charge in [-0.25, -0.2) is 0 Å². The van der Waals surface area contributed by atoms with Gasteiger partial charge in [-0.05, 0) is 101 Å². The van der Waals surface area contributed by atoms with Gasteiger partial charge in [0.05, 0.1) is 0 Å². The highest BCUT2D eigenvalue weighted by Crippen LogP contribution is 2.65. The van der Waals surface area contributed by atoms with Crippen molar-refractivity contribution in [3.63, 3.8) is 0 Å². The Morgan fingerprint density at radius 2 is 1.24 bits per heavy atom. The first-order valence-electron chi connectivity index (χ1n) is 19.8. The van der Waals surface area contributed by atoms with Gasteiger partial charge in [0.1, 0.15) is 84.4 Å². The molecule has 0 radical (unpaired) electrons. The molecule has 278 valence electrons. The molecule has 0 aromatic carbocycles. The highest BCUT2D eigenvalue weighted by Gasteiger charge is 2.80. The van der Waals surface area contributed by atoms with Crippen molar-refractivity contribution in [3.05, 3.63) is 51.9 Å². The molecule has 0 bridgehead atoms. The van der Waals surface area contributed by atoms with E-state index in [1.807, 2.05) is 0 Å². The Kier molecular flexibility index (Phi) is 7.13. The Morgan fingerprint density at radius 3 is 1.78 bits per heavy atom. The van der Waals surface area contributed by atoms with Gasteiger partial charge in [0.25, 0.3) is 0 Å². The second kappa shape index (κ2) is 10.7. The summed E-state index contributed by atoms with van der Waals surface area (Å²) >= 11 is 0. The lowest BCUT2D eigenvalue weighted by Gasteiger charge is -2.34. The Bertz CT molecular complexity index is 1730. The van der Waals surface area contributed by atoms with E-state index in [-0.39, 0.29) is 95.8 Å². The third kappa shape index (κ3) is 5.19. The molecule has 10 rings (SSSR count). The average molecular weight is 705 g/mol. The van der Waals surface area contributed by atoms with Crippen molar-refractivity contribution in [2.75, 3.05) is 6.61 Å². The number of epoxide rings is 7. The molecule has 0 spiro atoms. The molecule has 1 N–H and O–H groups in total. The van der Waals surface area contributed by atoms with Gasteiger partial charge in [-0.2, -0.15) is 4.57 Å². The van der Waals surface area contributed by atoms with Crippen LogP contribution < -0.4 is 4.57 Å². The predicted molar refractivity (Wildman–Crippen MR) is 187 cm³/mol. The van der Waals surface area contributed by atoms with E-state index in [0.717, 1.165) is 11.3 Å². The highest BCUT2D eigenvalue weighted by molar-refractivity contribution is 5.38. The Hall–Kier alpha value is -1.69. The SMILES string of the molecule is CC1=C(C2OC2C2(C)OC2C2OC2c2cc[n+](CCO)c(C3OC3(C)C3OC3C3OC3(C)C3OC3C3=C(C)CCCC3(C)C)c2)C(C)(C)CCC1. The van der Waals surface area contributed by atoms with E-state index in [4.69, 9.17) is 33.2 Å². The first-order valence-corrected chi connectivity index (χ1v) is 19.8. The maximum absolute atomic E-state index is 9.92. The zero-order valence-corrected chi connectivity index (χ0v) is 32.0. The number of hydrogen-bond donors (Lipinski definition) is 1. The van der Waals surface area contributed by atoms with Crippen LogP contribution in [-0.2, 0) is 39.7 Å². The second-order valence-corrected chi connectivity index (χ2v) is 19.3. The fraction of sp³-hybridized carbons (Fsp3) is 0.786. The van der Waals surface area contributed by atoms with E-state index in [2.05, 4.69) is 85.2 Å². The number of pyridine rings is 1. The molecule has 2 aliphatic carbocycles. The maximum Gasteiger partial charge on any atom is 0.214 e. The van der Waals surface area contributed by atoms with E-state index < -0.39 is 5.60 Å². The fourth-order valence-electron chi connectivity index (χ4n) is 11.3. The first kappa shape index (κ1) is 33.8. The smallest absolute Gasteiger partial charge is 0.214 e. The minimum absolute atomic E-state index is 0.00758. The van der Waals surface area contributed by atoms with Crippen molar-refractivity contribution in [1.29, 1.82) is 0 Å². The molecule has 14 atom stereocenters. The number of hydrogen-bond acceptors (Lipinski definition) is 8. The summed E-state index contributed by atoms with van der Waals surface area (Å²) in [5, 5.41) is 9.92. The maximum atomic E-state index is 9.92. The van der Waals surface area contributed by atoms with Gasteiger partial charge in [-0.1, -0.05) is 38.8 Å². The van der Waals surface area contributed by atoms with Gasteiger partial charge in [0.2, 0.25) is 5.69 Å². The van der Waals surface area contributed by atoms with Gasteiger partial charge in [0, 0.05) is 12.1 Å². The molecule has 9 heteroatoms. The highest BCUT2D eigenvalue weighted by atomic mass is 16.7. The van der Waals surface area contributed by atoms with Crippen molar-refractivity contribution >= 4 is 0 Å². The molecule has 14 unspecified atom stereocenters. The van der Waals surface area contributed by atoms with Gasteiger partial charge in [0.15, 0.2) is 18.8 Å². The van der Waals surface area contributed by atoms with Gasteiger partial charge in [-0.3, -0.25) is 0 Å². The summed E-state index contributed by atoms with van der Waals surface area (Å²) in [7, 11) is 0. The lowest BCUT2D eigenvalue weighted by Crippen LogP contribution is -2.40. The molecule has 0 amide bonds. The predicted octanol–water partition coefficient (Wildman–Crippen LogP) is 5.91. The molecule has 7 fully saturated rings. The van der Waals surface area contributed by atoms with Crippen molar-refractivity contribution < 1.29 is 42.8 Å². The summed E-state index contributed by atoms with van der Waals surface area (Å²) in [5.74, 6) is 0. The summed E-state index contributed by atoms with van der Waals surface area (Å²) in [6.07, 6.45) is 9.66. The average Bonchev–Trinajstić information content (AvgIpc) is 3.80. The van der Waals surface area contributed by atoms with Gasteiger partial charge >= 0.3 is 0 Å². The number of aliphatic hydroxyl groups is 1. The molecule has 9 nitrogen and oxygen atoms in total. The van der Waals surface area contributed by atoms with Crippen LogP contribution in [0.1, 0.15) is 124 Å². The summed E-state index contributed by atoms with van der Waals surface area (Å²) in [6.45, 7) is 21.1. The Labute approximate surface area is 303 Å². The number of aliphatic hydroxyl groups excluding tert-OH is 1. The first-order chi connectivity index (χ1) is 24.1. The van der Waals surface area contributed by atoms with E-state index in [1.165, 1.54) is 60.8 Å². The van der Waals surface area contributed by atoms with Gasteiger partial charge in [-0.15, -0.1) is 0 Å². The third-order valence-corrected chi connectivity index (χ3v) is 14.6. The molecule has 51 heavy (non-hydrogen) atoms. The standard InChI is InChI=1S/C42H58NO8/c1-21-12-10-15-38(3,4)25(21)28-33(46-28)41(8)36(50-41)30-27(45-30)23-14-17-43(18-19-44)24(20-23)32-40(7,49-32)35-31(48-35)37-42(9,51-37)34-29(47-34)26-22(2)13-11-16-39(26,5)6/h14,17,20,27-37,44H,10-13,15-16,18-19H2,1-9H3/q+1. The third-order valence-electron chi connectivity index (χ3n) is 14.6. The molecule has 8 heterocycles. The molecule has 1 aromatic heterocycles. The van der Waals surface area contributed by atoms with E-state index in [9.17, 15) is 5.11 Å². The van der Waals surface area contributed by atoms with Crippen LogP contribution in [0.4, 0.5) is 0 Å². The summed E-state index contributed by atoms with van der Waals surface area (Å²) in [4.78, 5) is 0. The van der Waals surface area contributed by atoms with E-state index in [1.54, 1.807) is 0 Å². The molecule has 0 saturated carbocycles. The summed E-state index contributed by atoms with van der Waals surface area (Å²) in [6, 6.07) is 4.33. The second-order valence-electron chi connectivity index (χ2n) is 19.3. The number of aromatic nitrogens is 1. The molecule has 1 aromatic rings. The number of nitrogens with zero attached hydrogens (tertiary/aromatic N) is 1. The number of ether oxygens (including phenoxy) is 7. The van der Waals surface area contributed by atoms with Crippen LogP contribution in [0.15, 0.2) is 40.6 Å². The quantitative estimate of drug-likeness (QED) is 0.172. The minimum Gasteiger partial charge on any atom is -0.390 e.